The summed E-state index contributed by atoms with van der Waals surface area (Å²) in [6, 6.07) is 12.2. The van der Waals surface area contributed by atoms with Crippen LogP contribution in [0, 0.1) is 12.7 Å². The average molecular weight is 386 g/mol. The van der Waals surface area contributed by atoms with Crippen molar-refractivity contribution in [1.82, 2.24) is 14.8 Å². The molecule has 6 nitrogen and oxygen atoms in total. The van der Waals surface area contributed by atoms with Gasteiger partial charge in [-0.1, -0.05) is 17.8 Å². The normalized spacial score (nSPS) is 10.7. The summed E-state index contributed by atoms with van der Waals surface area (Å²) in [5.41, 5.74) is 1.86. The molecule has 0 spiro atoms. The highest BCUT2D eigenvalue weighted by Crippen LogP contribution is 2.24. The Morgan fingerprint density at radius 2 is 1.96 bits per heavy atom. The van der Waals surface area contributed by atoms with Gasteiger partial charge in [-0.15, -0.1) is 10.2 Å². The molecule has 0 radical (unpaired) electrons. The van der Waals surface area contributed by atoms with Gasteiger partial charge in [0.2, 0.25) is 5.91 Å². The zero-order chi connectivity index (χ0) is 19.4. The predicted octanol–water partition coefficient (Wildman–Crippen LogP) is 3.67. The molecule has 1 heterocycles. The fourth-order valence-corrected chi connectivity index (χ4v) is 3.18. The topological polar surface area (TPSA) is 69.0 Å². The van der Waals surface area contributed by atoms with Crippen LogP contribution in [-0.4, -0.2) is 33.5 Å². The van der Waals surface area contributed by atoms with Crippen molar-refractivity contribution in [2.75, 3.05) is 18.2 Å². The molecule has 0 aliphatic heterocycles. The number of nitrogens with one attached hydrogen (secondary N) is 1. The standard InChI is InChI=1S/C19H19FN4O2S/c1-12-4-9-16(15(20)10-12)21-17(25)11-27-19-23-22-18(24(19)2)13-5-7-14(26-3)8-6-13/h4-10H,11H2,1-3H3,(H,21,25). The van der Waals surface area contributed by atoms with E-state index in [-0.39, 0.29) is 17.3 Å². The highest BCUT2D eigenvalue weighted by atomic mass is 32.2. The summed E-state index contributed by atoms with van der Waals surface area (Å²) in [4.78, 5) is 12.1. The number of methoxy groups -OCH3 is 1. The summed E-state index contributed by atoms with van der Waals surface area (Å²) in [5, 5.41) is 11.5. The van der Waals surface area contributed by atoms with Gasteiger partial charge in [0.1, 0.15) is 11.6 Å². The van der Waals surface area contributed by atoms with Crippen LogP contribution in [0.1, 0.15) is 5.56 Å². The van der Waals surface area contributed by atoms with Crippen LogP contribution < -0.4 is 10.1 Å². The largest absolute Gasteiger partial charge is 0.497 e. The Kier molecular flexibility index (Phi) is 5.75. The van der Waals surface area contributed by atoms with Crippen molar-refractivity contribution >= 4 is 23.4 Å². The minimum atomic E-state index is -0.450. The monoisotopic (exact) mass is 386 g/mol. The van der Waals surface area contributed by atoms with Crippen molar-refractivity contribution in [1.29, 1.82) is 0 Å². The Labute approximate surface area is 160 Å². The summed E-state index contributed by atoms with van der Waals surface area (Å²) in [6.07, 6.45) is 0. The molecule has 2 aromatic carbocycles. The van der Waals surface area contributed by atoms with Gasteiger partial charge in [0.25, 0.3) is 0 Å². The van der Waals surface area contributed by atoms with Gasteiger partial charge in [0, 0.05) is 12.6 Å². The van der Waals surface area contributed by atoms with Gasteiger partial charge in [-0.25, -0.2) is 4.39 Å². The molecule has 0 aliphatic carbocycles. The number of anilines is 1. The Morgan fingerprint density at radius 1 is 1.22 bits per heavy atom. The number of aryl methyl sites for hydroxylation is 1. The summed E-state index contributed by atoms with van der Waals surface area (Å²) < 4.78 is 20.8. The number of aromatic nitrogens is 3. The minimum Gasteiger partial charge on any atom is -0.497 e. The van der Waals surface area contributed by atoms with Crippen LogP contribution in [-0.2, 0) is 11.8 Å². The van der Waals surface area contributed by atoms with Crippen molar-refractivity contribution in [2.45, 2.75) is 12.1 Å². The Balaban J connectivity index is 1.64. The van der Waals surface area contributed by atoms with Crippen molar-refractivity contribution in [3.8, 4) is 17.1 Å². The van der Waals surface area contributed by atoms with E-state index in [0.29, 0.717) is 11.0 Å². The SMILES string of the molecule is COc1ccc(-c2nnc(SCC(=O)Nc3ccc(C)cc3F)n2C)cc1. The van der Waals surface area contributed by atoms with E-state index < -0.39 is 5.82 Å². The maximum atomic E-state index is 13.8. The first-order chi connectivity index (χ1) is 13.0. The van der Waals surface area contributed by atoms with Crippen molar-refractivity contribution in [2.24, 2.45) is 7.05 Å². The number of hydrogen-bond donors (Lipinski definition) is 1. The molecular formula is C19H19FN4O2S. The zero-order valence-corrected chi connectivity index (χ0v) is 16.0. The highest BCUT2D eigenvalue weighted by molar-refractivity contribution is 7.99. The van der Waals surface area contributed by atoms with Gasteiger partial charge in [-0.2, -0.15) is 0 Å². The average Bonchev–Trinajstić information content (AvgIpc) is 3.03. The number of benzene rings is 2. The fourth-order valence-electron chi connectivity index (χ4n) is 2.47. The molecule has 27 heavy (non-hydrogen) atoms. The summed E-state index contributed by atoms with van der Waals surface area (Å²) in [5.74, 6) is 0.785. The van der Waals surface area contributed by atoms with Crippen LogP contribution in [0.2, 0.25) is 0 Å². The molecule has 1 amide bonds. The van der Waals surface area contributed by atoms with Crippen LogP contribution in [0.4, 0.5) is 10.1 Å². The van der Waals surface area contributed by atoms with E-state index in [1.807, 2.05) is 35.9 Å². The molecular weight excluding hydrogens is 367 g/mol. The van der Waals surface area contributed by atoms with Crippen molar-refractivity contribution in [3.63, 3.8) is 0 Å². The lowest BCUT2D eigenvalue weighted by atomic mass is 10.2. The molecule has 0 aliphatic rings. The maximum Gasteiger partial charge on any atom is 0.234 e. The molecule has 3 aromatic rings. The number of thioether (sulfide) groups is 1. The first-order valence-corrected chi connectivity index (χ1v) is 9.19. The number of carbonyl (C=O) groups excluding carboxylic acids is 1. The van der Waals surface area contributed by atoms with Crippen LogP contribution in [0.5, 0.6) is 5.75 Å². The van der Waals surface area contributed by atoms with Crippen LogP contribution >= 0.6 is 11.8 Å². The van der Waals surface area contributed by atoms with Crippen molar-refractivity contribution < 1.29 is 13.9 Å². The molecule has 140 valence electrons. The molecule has 0 bridgehead atoms. The van der Waals surface area contributed by atoms with Gasteiger partial charge >= 0.3 is 0 Å². The molecule has 0 fully saturated rings. The maximum absolute atomic E-state index is 13.8. The van der Waals surface area contributed by atoms with E-state index in [9.17, 15) is 9.18 Å². The lowest BCUT2D eigenvalue weighted by Crippen LogP contribution is -2.15. The molecule has 0 unspecified atom stereocenters. The van der Waals surface area contributed by atoms with E-state index in [4.69, 9.17) is 4.74 Å². The lowest BCUT2D eigenvalue weighted by molar-refractivity contribution is -0.113. The second kappa shape index (κ2) is 8.22. The lowest BCUT2D eigenvalue weighted by Gasteiger charge is -2.07. The Bertz CT molecular complexity index is 957. The van der Waals surface area contributed by atoms with E-state index in [1.54, 1.807) is 26.2 Å². The molecule has 3 rings (SSSR count). The third-order valence-electron chi connectivity index (χ3n) is 3.91. The smallest absolute Gasteiger partial charge is 0.234 e. The molecule has 8 heteroatoms. The minimum absolute atomic E-state index is 0.0991. The number of hydrogen-bond acceptors (Lipinski definition) is 5. The summed E-state index contributed by atoms with van der Waals surface area (Å²) >= 11 is 1.24. The fraction of sp³-hybridized carbons (Fsp3) is 0.211. The first-order valence-electron chi connectivity index (χ1n) is 8.20. The quantitative estimate of drug-likeness (QED) is 0.655. The molecule has 0 saturated heterocycles. The van der Waals surface area contributed by atoms with Gasteiger partial charge in [0.15, 0.2) is 11.0 Å². The first kappa shape index (κ1) is 18.9. The van der Waals surface area contributed by atoms with Gasteiger partial charge in [-0.3, -0.25) is 4.79 Å². The summed E-state index contributed by atoms with van der Waals surface area (Å²) in [6.45, 7) is 1.79. The number of ether oxygens (including phenoxy) is 1. The summed E-state index contributed by atoms with van der Waals surface area (Å²) in [7, 11) is 3.44. The number of halogens is 1. The third kappa shape index (κ3) is 4.46. The van der Waals surface area contributed by atoms with Crippen LogP contribution in [0.25, 0.3) is 11.4 Å². The van der Waals surface area contributed by atoms with Crippen LogP contribution in [0.3, 0.4) is 0 Å². The second-order valence-electron chi connectivity index (χ2n) is 5.91. The highest BCUT2D eigenvalue weighted by Gasteiger charge is 2.14. The number of carbonyl (C=O) groups is 1. The number of rotatable bonds is 6. The number of amides is 1. The predicted molar refractivity (Wildman–Crippen MR) is 103 cm³/mol. The van der Waals surface area contributed by atoms with E-state index in [1.165, 1.54) is 17.8 Å². The molecule has 1 N–H and O–H groups in total. The van der Waals surface area contributed by atoms with E-state index >= 15 is 0 Å². The van der Waals surface area contributed by atoms with E-state index in [0.717, 1.165) is 16.9 Å². The molecule has 0 saturated carbocycles. The van der Waals surface area contributed by atoms with Crippen molar-refractivity contribution in [3.05, 3.63) is 53.8 Å². The Morgan fingerprint density at radius 3 is 2.63 bits per heavy atom. The molecule has 1 aromatic heterocycles. The van der Waals surface area contributed by atoms with Gasteiger partial charge < -0.3 is 14.6 Å². The van der Waals surface area contributed by atoms with Gasteiger partial charge in [-0.05, 0) is 48.9 Å². The third-order valence-corrected chi connectivity index (χ3v) is 4.93. The van der Waals surface area contributed by atoms with Gasteiger partial charge in [0.05, 0.1) is 18.6 Å². The zero-order valence-electron chi connectivity index (χ0n) is 15.2. The molecule has 0 atom stereocenters. The van der Waals surface area contributed by atoms with Crippen LogP contribution in [0.15, 0.2) is 47.6 Å². The van der Waals surface area contributed by atoms with E-state index in [2.05, 4.69) is 15.5 Å². The Hall–Kier alpha value is -2.87. The number of nitrogens with zero attached hydrogens (tertiary/aromatic N) is 3. The second-order valence-corrected chi connectivity index (χ2v) is 6.86.